The molecule has 188 valence electrons. The highest BCUT2D eigenvalue weighted by Crippen LogP contribution is 2.39. The number of halogens is 4. The number of fused-ring (bicyclic) bond motifs is 3. The maximum absolute atomic E-state index is 9.75. The molecule has 0 fully saturated rings. The lowest BCUT2D eigenvalue weighted by atomic mass is 9.81. The number of hydrogen-bond donors (Lipinski definition) is 0. The lowest BCUT2D eigenvalue weighted by Gasteiger charge is -2.26. The Morgan fingerprint density at radius 1 is 0.800 bits per heavy atom. The molecule has 0 unspecified atom stereocenters. The van der Waals surface area contributed by atoms with Crippen LogP contribution in [0.3, 0.4) is 0 Å². The maximum Gasteiger partial charge on any atom is 0.673 e. The van der Waals surface area contributed by atoms with Crippen molar-refractivity contribution in [2.45, 2.75) is 78.2 Å². The second-order valence-electron chi connectivity index (χ2n) is 10.3. The van der Waals surface area contributed by atoms with Gasteiger partial charge < -0.3 is 17.3 Å². The highest BCUT2D eigenvalue weighted by Gasteiger charge is 2.35. The lowest BCUT2D eigenvalue weighted by molar-refractivity contribution is -0.697. The van der Waals surface area contributed by atoms with Gasteiger partial charge in [0.25, 0.3) is 0 Å². The van der Waals surface area contributed by atoms with Crippen LogP contribution < -0.4 is 4.57 Å². The molecule has 1 aliphatic rings. The van der Waals surface area contributed by atoms with E-state index in [1.165, 1.54) is 64.9 Å². The van der Waals surface area contributed by atoms with Crippen molar-refractivity contribution in [2.75, 3.05) is 0 Å². The molecule has 35 heavy (non-hydrogen) atoms. The fourth-order valence-corrected chi connectivity index (χ4v) is 4.93. The van der Waals surface area contributed by atoms with Gasteiger partial charge in [-0.05, 0) is 42.0 Å². The van der Waals surface area contributed by atoms with Crippen LogP contribution in [0.15, 0.2) is 60.7 Å². The van der Waals surface area contributed by atoms with Gasteiger partial charge in [-0.15, -0.1) is 0 Å². The summed E-state index contributed by atoms with van der Waals surface area (Å²) in [5, 5.41) is 0. The monoisotopic (exact) mass is 485 g/mol. The van der Waals surface area contributed by atoms with Gasteiger partial charge in [0, 0.05) is 29.0 Å². The number of aryl methyl sites for hydroxylation is 1. The number of aromatic nitrogens is 1. The van der Waals surface area contributed by atoms with Crippen LogP contribution in [-0.2, 0) is 24.8 Å². The Morgan fingerprint density at radius 2 is 1.43 bits per heavy atom. The minimum atomic E-state index is -6.00. The van der Waals surface area contributed by atoms with Gasteiger partial charge in [0.05, 0.1) is 0 Å². The minimum absolute atomic E-state index is 0.0930. The van der Waals surface area contributed by atoms with Gasteiger partial charge in [0.2, 0.25) is 5.69 Å². The molecule has 0 bridgehead atoms. The maximum atomic E-state index is 9.75. The molecule has 0 amide bonds. The summed E-state index contributed by atoms with van der Waals surface area (Å²) in [4.78, 5) is 0. The molecular weight excluding hydrogens is 449 g/mol. The smallest absolute Gasteiger partial charge is 0.418 e. The van der Waals surface area contributed by atoms with Crippen LogP contribution >= 0.6 is 0 Å². The third-order valence-corrected chi connectivity index (χ3v) is 6.46. The van der Waals surface area contributed by atoms with Crippen LogP contribution in [0, 0.1) is 0 Å². The number of pyridine rings is 1. The van der Waals surface area contributed by atoms with Crippen molar-refractivity contribution in [3.8, 4) is 22.4 Å². The van der Waals surface area contributed by atoms with E-state index in [1.807, 2.05) is 0 Å². The van der Waals surface area contributed by atoms with Gasteiger partial charge in [0.15, 0.2) is 5.69 Å². The molecule has 1 nitrogen and oxygen atoms in total. The molecular formula is C29H36BF4N. The molecule has 0 aliphatic heterocycles. The standard InChI is InChI=1S/C29H36N.BF4/c1-5-6-7-13-20-30-27(29(2,3)4)21-26(22-14-9-8-10-15-22)25-19-18-23-16-11-12-17-24(23)28(25)30;2-1(3,4)5/h8-12,14-17,21H,5-7,13,18-20H2,1-4H3;/q+1;-1. The molecule has 1 aliphatic carbocycles. The van der Waals surface area contributed by atoms with Crippen molar-refractivity contribution < 1.29 is 21.8 Å². The van der Waals surface area contributed by atoms with Crippen molar-refractivity contribution in [1.82, 2.24) is 0 Å². The molecule has 1 aromatic heterocycles. The molecule has 0 saturated carbocycles. The summed E-state index contributed by atoms with van der Waals surface area (Å²) in [6, 6.07) is 22.6. The Morgan fingerprint density at radius 3 is 2.06 bits per heavy atom. The van der Waals surface area contributed by atoms with Crippen LogP contribution in [0.1, 0.15) is 70.2 Å². The van der Waals surface area contributed by atoms with E-state index in [1.54, 1.807) is 0 Å². The van der Waals surface area contributed by atoms with Gasteiger partial charge in [-0.3, -0.25) is 0 Å². The summed E-state index contributed by atoms with van der Waals surface area (Å²) in [6.07, 6.45) is 7.42. The van der Waals surface area contributed by atoms with E-state index in [-0.39, 0.29) is 5.41 Å². The topological polar surface area (TPSA) is 3.88 Å². The average Bonchev–Trinajstić information content (AvgIpc) is 2.80. The summed E-state index contributed by atoms with van der Waals surface area (Å²) in [5.41, 5.74) is 10.3. The van der Waals surface area contributed by atoms with Crippen LogP contribution in [0.5, 0.6) is 0 Å². The van der Waals surface area contributed by atoms with E-state index in [4.69, 9.17) is 0 Å². The predicted molar refractivity (Wildman–Crippen MR) is 138 cm³/mol. The van der Waals surface area contributed by atoms with Crippen molar-refractivity contribution in [3.05, 3.63) is 77.5 Å². The summed E-state index contributed by atoms with van der Waals surface area (Å²) >= 11 is 0. The number of nitrogens with zero attached hydrogens (tertiary/aromatic N) is 1. The predicted octanol–water partition coefficient (Wildman–Crippen LogP) is 8.58. The molecule has 6 heteroatoms. The lowest BCUT2D eigenvalue weighted by Crippen LogP contribution is -2.47. The van der Waals surface area contributed by atoms with E-state index in [0.29, 0.717) is 0 Å². The van der Waals surface area contributed by atoms with Crippen LogP contribution in [0.2, 0.25) is 0 Å². The van der Waals surface area contributed by atoms with Crippen LogP contribution in [0.25, 0.3) is 22.4 Å². The van der Waals surface area contributed by atoms with E-state index >= 15 is 0 Å². The van der Waals surface area contributed by atoms with Crippen molar-refractivity contribution >= 4 is 7.25 Å². The summed E-state index contributed by atoms with van der Waals surface area (Å²) in [6.45, 7) is 10.5. The van der Waals surface area contributed by atoms with Gasteiger partial charge in [-0.1, -0.05) is 89.1 Å². The highest BCUT2D eigenvalue weighted by atomic mass is 19.5. The Labute approximate surface area is 207 Å². The third-order valence-electron chi connectivity index (χ3n) is 6.46. The summed E-state index contributed by atoms with van der Waals surface area (Å²) in [7, 11) is -6.00. The van der Waals surface area contributed by atoms with Crippen molar-refractivity contribution in [2.24, 2.45) is 0 Å². The molecule has 3 aromatic rings. The van der Waals surface area contributed by atoms with Crippen LogP contribution in [-0.4, -0.2) is 7.25 Å². The van der Waals surface area contributed by atoms with E-state index in [9.17, 15) is 17.3 Å². The van der Waals surface area contributed by atoms with Gasteiger partial charge >= 0.3 is 7.25 Å². The number of unbranched alkanes of at least 4 members (excludes halogenated alkanes) is 3. The second kappa shape index (κ2) is 11.4. The molecule has 0 spiro atoms. The fourth-order valence-electron chi connectivity index (χ4n) is 4.93. The largest absolute Gasteiger partial charge is 0.673 e. The van der Waals surface area contributed by atoms with E-state index in [0.717, 1.165) is 19.4 Å². The first-order valence-electron chi connectivity index (χ1n) is 12.6. The van der Waals surface area contributed by atoms with E-state index < -0.39 is 7.25 Å². The zero-order valence-electron chi connectivity index (χ0n) is 21.3. The molecule has 0 saturated heterocycles. The van der Waals surface area contributed by atoms with Crippen molar-refractivity contribution in [1.29, 1.82) is 0 Å². The number of rotatable bonds is 6. The highest BCUT2D eigenvalue weighted by molar-refractivity contribution is 6.50. The zero-order valence-corrected chi connectivity index (χ0v) is 21.3. The third kappa shape index (κ3) is 7.19. The van der Waals surface area contributed by atoms with E-state index in [2.05, 4.69) is 92.9 Å². The summed E-state index contributed by atoms with van der Waals surface area (Å²) in [5.74, 6) is 0. The second-order valence-corrected chi connectivity index (χ2v) is 10.3. The first-order valence-corrected chi connectivity index (χ1v) is 12.6. The van der Waals surface area contributed by atoms with Gasteiger partial charge in [-0.2, -0.15) is 4.57 Å². The SMILES string of the molecule is CCCCCC[n+]1c(C(C)(C)C)cc(-c2ccccc2)c2c1-c1ccccc1CC2.F[B-](F)(F)F. The molecule has 0 N–H and O–H groups in total. The van der Waals surface area contributed by atoms with Gasteiger partial charge in [0.1, 0.15) is 6.54 Å². The Hall–Kier alpha value is -2.63. The van der Waals surface area contributed by atoms with Crippen molar-refractivity contribution in [3.63, 3.8) is 0 Å². The molecule has 2 aromatic carbocycles. The minimum Gasteiger partial charge on any atom is -0.418 e. The number of hydrogen-bond acceptors (Lipinski definition) is 0. The Kier molecular flexibility index (Phi) is 8.79. The zero-order chi connectivity index (χ0) is 25.6. The molecule has 0 atom stereocenters. The molecule has 0 radical (unpaired) electrons. The summed E-state index contributed by atoms with van der Waals surface area (Å²) < 4.78 is 41.7. The first-order chi connectivity index (χ1) is 16.5. The van der Waals surface area contributed by atoms with Gasteiger partial charge in [-0.25, -0.2) is 0 Å². The Balaban J connectivity index is 0.000000623. The average molecular weight is 485 g/mol. The fraction of sp³-hybridized carbons (Fsp3) is 0.414. The number of benzene rings is 2. The normalized spacial score (nSPS) is 12.9. The van der Waals surface area contributed by atoms with Crippen LogP contribution in [0.4, 0.5) is 17.3 Å². The molecule has 4 rings (SSSR count). The molecule has 1 heterocycles. The Bertz CT molecular complexity index is 1110. The first kappa shape index (κ1) is 27.0. The quantitative estimate of drug-likeness (QED) is 0.143.